The van der Waals surface area contributed by atoms with Crippen LogP contribution in [0.3, 0.4) is 0 Å². The molecule has 19 heavy (non-hydrogen) atoms. The van der Waals surface area contributed by atoms with E-state index in [1.54, 1.807) is 6.92 Å². The normalized spacial score (nSPS) is 14.3. The summed E-state index contributed by atoms with van der Waals surface area (Å²) < 4.78 is 5.18. The smallest absolute Gasteiger partial charge is 0.259 e. The van der Waals surface area contributed by atoms with Crippen molar-refractivity contribution in [2.75, 3.05) is 6.54 Å². The van der Waals surface area contributed by atoms with Crippen LogP contribution in [0.25, 0.3) is 11.1 Å². The molecule has 1 fully saturated rings. The molecule has 5 nitrogen and oxygen atoms in total. The Bertz CT molecular complexity index is 693. The van der Waals surface area contributed by atoms with Gasteiger partial charge in [0.2, 0.25) is 0 Å². The molecular formula is C14H13N3O2. The second kappa shape index (κ2) is 4.39. The fraction of sp³-hybridized carbons (Fsp3) is 0.357. The molecule has 0 radical (unpaired) electrons. The minimum atomic E-state index is -0.210. The first-order chi connectivity index (χ1) is 9.20. The summed E-state index contributed by atoms with van der Waals surface area (Å²) in [7, 11) is 0. The molecule has 0 aliphatic heterocycles. The predicted molar refractivity (Wildman–Crippen MR) is 69.7 cm³/mol. The van der Waals surface area contributed by atoms with E-state index in [0.717, 1.165) is 18.5 Å². The van der Waals surface area contributed by atoms with Crippen molar-refractivity contribution in [3.05, 3.63) is 23.0 Å². The largest absolute Gasteiger partial charge is 0.341 e. The average Bonchev–Trinajstić information content (AvgIpc) is 3.20. The lowest BCUT2D eigenvalue weighted by Gasteiger charge is -2.05. The Morgan fingerprint density at radius 2 is 2.42 bits per heavy atom. The molecule has 96 valence electrons. The van der Waals surface area contributed by atoms with Gasteiger partial charge in [0.25, 0.3) is 11.6 Å². The number of nitrogens with zero attached hydrogens (tertiary/aromatic N) is 2. The van der Waals surface area contributed by atoms with E-state index in [2.05, 4.69) is 21.4 Å². The maximum absolute atomic E-state index is 12.2. The fourth-order valence-corrected chi connectivity index (χ4v) is 2.11. The van der Waals surface area contributed by atoms with E-state index in [1.807, 2.05) is 6.07 Å². The molecule has 5 heteroatoms. The first kappa shape index (κ1) is 11.7. The highest BCUT2D eigenvalue weighted by molar-refractivity contribution is 6.06. The van der Waals surface area contributed by atoms with Crippen molar-refractivity contribution in [2.45, 2.75) is 25.7 Å². The van der Waals surface area contributed by atoms with Crippen molar-refractivity contribution >= 4 is 17.0 Å². The summed E-state index contributed by atoms with van der Waals surface area (Å²) >= 11 is 0. The number of amides is 1. The third-order valence-electron chi connectivity index (χ3n) is 3.23. The number of pyridine rings is 1. The van der Waals surface area contributed by atoms with Crippen LogP contribution in [0.1, 0.15) is 40.5 Å². The third-order valence-corrected chi connectivity index (χ3v) is 3.23. The number of rotatable bonds is 3. The van der Waals surface area contributed by atoms with Gasteiger partial charge in [-0.15, -0.1) is 6.42 Å². The standard InChI is InChI=1S/C14H13N3O2/c1-3-6-15-13(18)10-7-11(9-4-5-9)16-14-12(10)8(2)17-19-14/h1,7,9H,4-6H2,2H3,(H,15,18). The van der Waals surface area contributed by atoms with Gasteiger partial charge < -0.3 is 9.84 Å². The fourth-order valence-electron chi connectivity index (χ4n) is 2.11. The second-order valence-electron chi connectivity index (χ2n) is 4.70. The molecule has 2 aromatic rings. The zero-order valence-corrected chi connectivity index (χ0v) is 10.6. The summed E-state index contributed by atoms with van der Waals surface area (Å²) in [4.78, 5) is 16.6. The molecule has 0 bridgehead atoms. The van der Waals surface area contributed by atoms with Gasteiger partial charge in [0, 0.05) is 11.6 Å². The van der Waals surface area contributed by atoms with Crippen LogP contribution >= 0.6 is 0 Å². The van der Waals surface area contributed by atoms with Crippen LogP contribution in [-0.2, 0) is 0 Å². The lowest BCUT2D eigenvalue weighted by Crippen LogP contribution is -2.24. The van der Waals surface area contributed by atoms with Crippen LogP contribution in [-0.4, -0.2) is 22.6 Å². The maximum atomic E-state index is 12.2. The Morgan fingerprint density at radius 1 is 1.63 bits per heavy atom. The summed E-state index contributed by atoms with van der Waals surface area (Å²) in [6.07, 6.45) is 7.37. The van der Waals surface area contributed by atoms with Crippen molar-refractivity contribution in [1.82, 2.24) is 15.5 Å². The molecule has 1 amide bonds. The number of nitrogens with one attached hydrogen (secondary N) is 1. The maximum Gasteiger partial charge on any atom is 0.259 e. The summed E-state index contributed by atoms with van der Waals surface area (Å²) in [5.74, 6) is 2.62. The summed E-state index contributed by atoms with van der Waals surface area (Å²) in [5, 5.41) is 7.22. The third kappa shape index (κ3) is 2.06. The molecular weight excluding hydrogens is 242 g/mol. The first-order valence-corrected chi connectivity index (χ1v) is 6.19. The van der Waals surface area contributed by atoms with Crippen molar-refractivity contribution in [1.29, 1.82) is 0 Å². The summed E-state index contributed by atoms with van der Waals surface area (Å²) in [6.45, 7) is 1.99. The van der Waals surface area contributed by atoms with Gasteiger partial charge in [0.15, 0.2) is 0 Å². The van der Waals surface area contributed by atoms with Crippen LogP contribution in [0, 0.1) is 19.3 Å². The zero-order valence-electron chi connectivity index (χ0n) is 10.6. The number of aromatic nitrogens is 2. The number of aryl methyl sites for hydroxylation is 1. The van der Waals surface area contributed by atoms with E-state index >= 15 is 0 Å². The first-order valence-electron chi connectivity index (χ1n) is 6.19. The second-order valence-corrected chi connectivity index (χ2v) is 4.70. The molecule has 2 heterocycles. The highest BCUT2D eigenvalue weighted by atomic mass is 16.5. The van der Waals surface area contributed by atoms with Gasteiger partial charge in [-0.1, -0.05) is 11.1 Å². The Morgan fingerprint density at radius 3 is 3.11 bits per heavy atom. The van der Waals surface area contributed by atoms with Gasteiger partial charge in [-0.25, -0.2) is 4.98 Å². The molecule has 0 unspecified atom stereocenters. The van der Waals surface area contributed by atoms with Gasteiger partial charge >= 0.3 is 0 Å². The number of hydrogen-bond acceptors (Lipinski definition) is 4. The van der Waals surface area contributed by atoms with Crippen molar-refractivity contribution < 1.29 is 9.32 Å². The number of terminal acetylenes is 1. The molecule has 1 aliphatic carbocycles. The predicted octanol–water partition coefficient (Wildman–Crippen LogP) is 1.77. The van der Waals surface area contributed by atoms with Crippen molar-refractivity contribution in [3.63, 3.8) is 0 Å². The van der Waals surface area contributed by atoms with E-state index < -0.39 is 0 Å². The van der Waals surface area contributed by atoms with Gasteiger partial charge in [-0.3, -0.25) is 4.79 Å². The van der Waals surface area contributed by atoms with Gasteiger partial charge in [0.05, 0.1) is 23.2 Å². The van der Waals surface area contributed by atoms with Crippen molar-refractivity contribution in [3.8, 4) is 12.3 Å². The Kier molecular flexibility index (Phi) is 2.71. The van der Waals surface area contributed by atoms with E-state index in [1.165, 1.54) is 0 Å². The minimum absolute atomic E-state index is 0.200. The summed E-state index contributed by atoms with van der Waals surface area (Å²) in [5.41, 5.74) is 2.53. The monoisotopic (exact) mass is 255 g/mol. The Hall–Kier alpha value is -2.35. The zero-order chi connectivity index (χ0) is 13.4. The average molecular weight is 255 g/mol. The van der Waals surface area contributed by atoms with E-state index in [9.17, 15) is 4.79 Å². The molecule has 1 N–H and O–H groups in total. The van der Waals surface area contributed by atoms with Crippen LogP contribution in [0.2, 0.25) is 0 Å². The van der Waals surface area contributed by atoms with Gasteiger partial charge in [-0.2, -0.15) is 0 Å². The SMILES string of the molecule is C#CCNC(=O)c1cc(C2CC2)nc2onc(C)c12. The molecule has 0 spiro atoms. The quantitative estimate of drug-likeness (QED) is 0.849. The highest BCUT2D eigenvalue weighted by Crippen LogP contribution is 2.40. The van der Waals surface area contributed by atoms with Gasteiger partial charge in [0.1, 0.15) is 0 Å². The van der Waals surface area contributed by atoms with Crippen LogP contribution < -0.4 is 5.32 Å². The lowest BCUT2D eigenvalue weighted by molar-refractivity contribution is 0.0960. The minimum Gasteiger partial charge on any atom is -0.341 e. The number of carbonyl (C=O) groups is 1. The van der Waals surface area contributed by atoms with Crippen LogP contribution in [0.5, 0.6) is 0 Å². The van der Waals surface area contributed by atoms with Gasteiger partial charge in [-0.05, 0) is 25.8 Å². The van der Waals surface area contributed by atoms with E-state index in [-0.39, 0.29) is 12.5 Å². The molecule has 1 saturated carbocycles. The Balaban J connectivity index is 2.11. The topological polar surface area (TPSA) is 68.0 Å². The molecule has 1 aliphatic rings. The molecule has 0 saturated heterocycles. The van der Waals surface area contributed by atoms with E-state index in [4.69, 9.17) is 10.9 Å². The number of hydrogen-bond donors (Lipinski definition) is 1. The van der Waals surface area contributed by atoms with Crippen molar-refractivity contribution in [2.24, 2.45) is 0 Å². The molecule has 2 aromatic heterocycles. The molecule has 0 atom stereocenters. The molecule has 3 rings (SSSR count). The number of carbonyl (C=O) groups excluding carboxylic acids is 1. The molecule has 0 aromatic carbocycles. The van der Waals surface area contributed by atoms with E-state index in [0.29, 0.717) is 28.3 Å². The highest BCUT2D eigenvalue weighted by Gasteiger charge is 2.28. The summed E-state index contributed by atoms with van der Waals surface area (Å²) in [6, 6.07) is 1.83. The Labute approximate surface area is 110 Å². The van der Waals surface area contributed by atoms with Crippen LogP contribution in [0.15, 0.2) is 10.6 Å². The van der Waals surface area contributed by atoms with Crippen LogP contribution in [0.4, 0.5) is 0 Å². The lowest BCUT2D eigenvalue weighted by atomic mass is 10.1. The number of fused-ring (bicyclic) bond motifs is 1.